The molecule has 0 aromatic heterocycles. The van der Waals surface area contributed by atoms with E-state index in [4.69, 9.17) is 14.6 Å². The van der Waals surface area contributed by atoms with Crippen LogP contribution in [0.1, 0.15) is 16.8 Å². The Bertz CT molecular complexity index is 412. The molecule has 0 atom stereocenters. The molecular weight excluding hydrogens is 332 g/mol. The highest BCUT2D eigenvalue weighted by Gasteiger charge is 2.10. The van der Waals surface area contributed by atoms with E-state index in [-0.39, 0.29) is 0 Å². The molecule has 19 heavy (non-hydrogen) atoms. The van der Waals surface area contributed by atoms with Crippen LogP contribution in [0.5, 0.6) is 0 Å². The van der Waals surface area contributed by atoms with Crippen molar-refractivity contribution in [2.24, 2.45) is 0 Å². The maximum Gasteiger partial charge on any atom is 0.336 e. The third-order valence-electron chi connectivity index (χ3n) is 2.30. The highest BCUT2D eigenvalue weighted by molar-refractivity contribution is 9.10. The second kappa shape index (κ2) is 9.36. The minimum Gasteiger partial charge on any atom is -0.478 e. The Morgan fingerprint density at radius 1 is 1.37 bits per heavy atom. The summed E-state index contributed by atoms with van der Waals surface area (Å²) in [7, 11) is 1.64. The first kappa shape index (κ1) is 16.5. The molecule has 0 radical (unpaired) electrons. The van der Waals surface area contributed by atoms with Gasteiger partial charge in [0.15, 0.2) is 0 Å². The van der Waals surface area contributed by atoms with Gasteiger partial charge < -0.3 is 14.6 Å². The van der Waals surface area contributed by atoms with Crippen LogP contribution >= 0.6 is 27.7 Å². The lowest BCUT2D eigenvalue weighted by Gasteiger charge is -2.07. The number of halogens is 1. The first-order valence-corrected chi connectivity index (χ1v) is 7.65. The van der Waals surface area contributed by atoms with E-state index in [1.807, 2.05) is 6.07 Å². The number of ether oxygens (including phenoxy) is 2. The monoisotopic (exact) mass is 348 g/mol. The van der Waals surface area contributed by atoms with Crippen molar-refractivity contribution in [1.82, 2.24) is 0 Å². The van der Waals surface area contributed by atoms with E-state index in [0.717, 1.165) is 21.5 Å². The molecule has 0 aliphatic rings. The summed E-state index contributed by atoms with van der Waals surface area (Å²) in [6.45, 7) is 1.85. The van der Waals surface area contributed by atoms with E-state index in [1.165, 1.54) is 11.8 Å². The second-order valence-corrected chi connectivity index (χ2v) is 5.81. The average Bonchev–Trinajstić information content (AvgIpc) is 2.37. The molecule has 1 aromatic rings. The smallest absolute Gasteiger partial charge is 0.336 e. The summed E-state index contributed by atoms with van der Waals surface area (Å²) in [6.07, 6.45) is 0.875. The fourth-order valence-electron chi connectivity index (χ4n) is 1.38. The molecule has 1 N–H and O–H groups in total. The third kappa shape index (κ3) is 6.42. The Kier molecular flexibility index (Phi) is 8.13. The van der Waals surface area contributed by atoms with Crippen molar-refractivity contribution in [3.8, 4) is 0 Å². The number of carbonyl (C=O) groups is 1. The van der Waals surface area contributed by atoms with E-state index in [2.05, 4.69) is 15.9 Å². The molecule has 0 fully saturated rings. The van der Waals surface area contributed by atoms with Crippen molar-refractivity contribution in [3.05, 3.63) is 28.2 Å². The topological polar surface area (TPSA) is 55.8 Å². The Balaban J connectivity index is 2.36. The molecule has 0 spiro atoms. The number of rotatable bonds is 9. The Hall–Kier alpha value is -0.560. The highest BCUT2D eigenvalue weighted by atomic mass is 79.9. The van der Waals surface area contributed by atoms with Gasteiger partial charge in [-0.3, -0.25) is 0 Å². The van der Waals surface area contributed by atoms with Crippen molar-refractivity contribution in [2.45, 2.75) is 11.3 Å². The number of aromatic carboxylic acids is 1. The zero-order chi connectivity index (χ0) is 14.1. The van der Waals surface area contributed by atoms with Gasteiger partial charge >= 0.3 is 5.97 Å². The van der Waals surface area contributed by atoms with Gasteiger partial charge in [-0.2, -0.15) is 0 Å². The summed E-state index contributed by atoms with van der Waals surface area (Å²) >= 11 is 4.88. The number of benzene rings is 1. The van der Waals surface area contributed by atoms with Crippen LogP contribution in [0, 0.1) is 0 Å². The van der Waals surface area contributed by atoms with Gasteiger partial charge in [-0.15, -0.1) is 11.8 Å². The van der Waals surface area contributed by atoms with E-state index in [9.17, 15) is 4.79 Å². The minimum atomic E-state index is -0.897. The number of hydrogen-bond donors (Lipinski definition) is 1. The van der Waals surface area contributed by atoms with Gasteiger partial charge in [0.1, 0.15) is 0 Å². The van der Waals surface area contributed by atoms with Crippen molar-refractivity contribution in [2.75, 3.05) is 32.7 Å². The molecule has 0 saturated heterocycles. The first-order chi connectivity index (χ1) is 9.15. The molecule has 106 valence electrons. The quantitative estimate of drug-likeness (QED) is 0.548. The molecule has 0 aliphatic carbocycles. The number of thioether (sulfide) groups is 1. The van der Waals surface area contributed by atoms with Crippen LogP contribution in [-0.2, 0) is 9.47 Å². The summed E-state index contributed by atoms with van der Waals surface area (Å²) < 4.78 is 11.1. The molecule has 0 bridgehead atoms. The maximum atomic E-state index is 11.1. The van der Waals surface area contributed by atoms with Crippen molar-refractivity contribution >= 4 is 33.7 Å². The lowest BCUT2D eigenvalue weighted by Crippen LogP contribution is -2.04. The van der Waals surface area contributed by atoms with E-state index in [1.54, 1.807) is 19.2 Å². The van der Waals surface area contributed by atoms with Crippen LogP contribution in [0.15, 0.2) is 27.6 Å². The van der Waals surface area contributed by atoms with E-state index >= 15 is 0 Å². The van der Waals surface area contributed by atoms with Crippen molar-refractivity contribution in [1.29, 1.82) is 0 Å². The molecule has 0 saturated carbocycles. The predicted octanol–water partition coefficient (Wildman–Crippen LogP) is 3.29. The van der Waals surface area contributed by atoms with Gasteiger partial charge in [0.2, 0.25) is 0 Å². The van der Waals surface area contributed by atoms with Crippen LogP contribution in [0.4, 0.5) is 0 Å². The largest absolute Gasteiger partial charge is 0.478 e. The lowest BCUT2D eigenvalue weighted by molar-refractivity contribution is 0.0693. The van der Waals surface area contributed by atoms with Crippen molar-refractivity contribution < 1.29 is 19.4 Å². The SMILES string of the molecule is COCCOCCCSc1cc(Br)ccc1C(=O)O. The number of carboxylic acids is 1. The molecule has 0 unspecified atom stereocenters. The Morgan fingerprint density at radius 2 is 2.16 bits per heavy atom. The Labute approximate surface area is 125 Å². The average molecular weight is 349 g/mol. The van der Waals surface area contributed by atoms with E-state index < -0.39 is 5.97 Å². The molecule has 0 aliphatic heterocycles. The fourth-order valence-corrected chi connectivity index (χ4v) is 2.90. The number of hydrogen-bond acceptors (Lipinski definition) is 4. The standard InChI is InChI=1S/C13H17BrO4S/c1-17-6-7-18-5-2-8-19-12-9-10(14)3-4-11(12)13(15)16/h3-4,9H,2,5-8H2,1H3,(H,15,16). The predicted molar refractivity (Wildman–Crippen MR) is 79.1 cm³/mol. The zero-order valence-electron chi connectivity index (χ0n) is 10.7. The molecule has 0 heterocycles. The normalized spacial score (nSPS) is 10.6. The zero-order valence-corrected chi connectivity index (χ0v) is 13.1. The third-order valence-corrected chi connectivity index (χ3v) is 3.93. The van der Waals surface area contributed by atoms with E-state index in [0.29, 0.717) is 25.4 Å². The second-order valence-electron chi connectivity index (χ2n) is 3.75. The lowest BCUT2D eigenvalue weighted by atomic mass is 10.2. The number of carboxylic acid groups (broad SMARTS) is 1. The van der Waals surface area contributed by atoms with Gasteiger partial charge in [-0.05, 0) is 24.6 Å². The van der Waals surface area contributed by atoms with Crippen LogP contribution in [0.3, 0.4) is 0 Å². The summed E-state index contributed by atoms with van der Waals surface area (Å²) in [5, 5.41) is 9.09. The summed E-state index contributed by atoms with van der Waals surface area (Å²) in [5.74, 6) is -0.0738. The van der Waals surface area contributed by atoms with Crippen LogP contribution in [0.2, 0.25) is 0 Å². The Morgan fingerprint density at radius 3 is 2.84 bits per heavy atom. The fraction of sp³-hybridized carbons (Fsp3) is 0.462. The maximum absolute atomic E-state index is 11.1. The van der Waals surface area contributed by atoms with Crippen LogP contribution < -0.4 is 0 Å². The molecule has 1 aromatic carbocycles. The summed E-state index contributed by atoms with van der Waals surface area (Å²) in [4.78, 5) is 11.8. The van der Waals surface area contributed by atoms with Gasteiger partial charge in [0.25, 0.3) is 0 Å². The first-order valence-electron chi connectivity index (χ1n) is 5.87. The van der Waals surface area contributed by atoms with Gasteiger partial charge in [0, 0.05) is 28.8 Å². The number of methoxy groups -OCH3 is 1. The molecule has 1 rings (SSSR count). The van der Waals surface area contributed by atoms with Gasteiger partial charge in [-0.25, -0.2) is 4.79 Å². The van der Waals surface area contributed by atoms with Gasteiger partial charge in [-0.1, -0.05) is 15.9 Å². The highest BCUT2D eigenvalue weighted by Crippen LogP contribution is 2.27. The summed E-state index contributed by atoms with van der Waals surface area (Å²) in [6, 6.07) is 5.19. The van der Waals surface area contributed by atoms with Crippen LogP contribution in [-0.4, -0.2) is 43.8 Å². The minimum absolute atomic E-state index is 0.341. The molecule has 6 heteroatoms. The van der Waals surface area contributed by atoms with Crippen LogP contribution in [0.25, 0.3) is 0 Å². The summed E-state index contributed by atoms with van der Waals surface area (Å²) in [5.41, 5.74) is 0.341. The molecule has 0 amide bonds. The molecule has 4 nitrogen and oxygen atoms in total. The van der Waals surface area contributed by atoms with Crippen molar-refractivity contribution in [3.63, 3.8) is 0 Å². The molecular formula is C13H17BrO4S. The van der Waals surface area contributed by atoms with Gasteiger partial charge in [0.05, 0.1) is 18.8 Å².